The van der Waals surface area contributed by atoms with Crippen LogP contribution >= 0.6 is 0 Å². The van der Waals surface area contributed by atoms with Gasteiger partial charge in [0, 0.05) is 22.9 Å². The minimum absolute atomic E-state index is 0.0578. The van der Waals surface area contributed by atoms with Gasteiger partial charge in [-0.05, 0) is 62.6 Å². The number of alkyl halides is 2. The lowest BCUT2D eigenvalue weighted by molar-refractivity contribution is 0.0520. The number of ether oxygens (including phenoxy) is 1. The van der Waals surface area contributed by atoms with Crippen LogP contribution in [0.15, 0.2) is 59.1 Å². The highest BCUT2D eigenvalue weighted by Crippen LogP contribution is 2.35. The molecule has 5 nitrogen and oxygen atoms in total. The maximum absolute atomic E-state index is 14.2. The van der Waals surface area contributed by atoms with E-state index in [9.17, 15) is 13.9 Å². The molecule has 0 aliphatic carbocycles. The molecule has 182 valence electrons. The smallest absolute Gasteiger partial charge is 0.291 e. The molecule has 2 aromatic carbocycles. The summed E-state index contributed by atoms with van der Waals surface area (Å²) in [5.74, 6) is -1.95. The van der Waals surface area contributed by atoms with Gasteiger partial charge in [-0.15, -0.1) is 0 Å². The number of fused-ring (bicyclic) bond motifs is 1. The fourth-order valence-corrected chi connectivity index (χ4v) is 4.40. The monoisotopic (exact) mass is 478 g/mol. The first-order valence-electron chi connectivity index (χ1n) is 11.3. The number of nitrogens with zero attached hydrogens (tertiary/aromatic N) is 2. The van der Waals surface area contributed by atoms with E-state index in [2.05, 4.69) is 10.1 Å². The average Bonchev–Trinajstić information content (AvgIpc) is 3.18. The molecular weight excluding hydrogens is 450 g/mol. The highest BCUT2D eigenvalue weighted by atomic mass is 19.3. The van der Waals surface area contributed by atoms with Crippen molar-refractivity contribution in [2.75, 3.05) is 7.11 Å². The van der Waals surface area contributed by atoms with E-state index in [1.807, 2.05) is 25.1 Å². The fourth-order valence-electron chi connectivity index (χ4n) is 4.40. The molecule has 0 saturated carbocycles. The number of benzene rings is 2. The second kappa shape index (κ2) is 9.58. The molecule has 0 amide bonds. The molecule has 0 aliphatic heterocycles. The van der Waals surface area contributed by atoms with Crippen LogP contribution in [-0.2, 0) is 12.3 Å². The van der Waals surface area contributed by atoms with Gasteiger partial charge in [-0.1, -0.05) is 41.6 Å². The SMILES string of the molecule is C/C=C/C(F)(F)c1ccc(Cc2c(OC)nc3ccc(C(O)c4c(C)noc4C)cc3c2C)cc1. The van der Waals surface area contributed by atoms with Crippen molar-refractivity contribution >= 4 is 10.9 Å². The van der Waals surface area contributed by atoms with Gasteiger partial charge in [-0.2, -0.15) is 8.78 Å². The standard InChI is InChI=1S/C28H28F2N2O3/c1-6-13-28(29,30)21-10-7-19(8-11-21)14-23-16(2)22-15-20(9-12-24(22)31-27(23)34-5)26(33)25-17(3)32-35-18(25)4/h6-13,15,26,33H,14H2,1-5H3/b13-6+. The third-order valence-corrected chi connectivity index (χ3v) is 6.32. The summed E-state index contributed by atoms with van der Waals surface area (Å²) in [6, 6.07) is 11.9. The first-order chi connectivity index (χ1) is 16.7. The molecule has 0 radical (unpaired) electrons. The van der Waals surface area contributed by atoms with Crippen molar-refractivity contribution in [1.82, 2.24) is 10.1 Å². The molecule has 0 aliphatic rings. The third kappa shape index (κ3) is 4.68. The number of rotatable bonds is 7. The van der Waals surface area contributed by atoms with Gasteiger partial charge in [0.05, 0.1) is 23.9 Å². The third-order valence-electron chi connectivity index (χ3n) is 6.32. The predicted octanol–water partition coefficient (Wildman–Crippen LogP) is 6.50. The number of aliphatic hydroxyl groups excluding tert-OH is 1. The highest BCUT2D eigenvalue weighted by Gasteiger charge is 2.27. The summed E-state index contributed by atoms with van der Waals surface area (Å²) in [7, 11) is 1.56. The van der Waals surface area contributed by atoms with E-state index in [0.717, 1.165) is 33.7 Å². The number of aryl methyl sites for hydroxylation is 3. The summed E-state index contributed by atoms with van der Waals surface area (Å²) in [5.41, 5.74) is 5.34. The number of aromatic nitrogens is 2. The molecule has 0 saturated heterocycles. The van der Waals surface area contributed by atoms with E-state index < -0.39 is 12.0 Å². The summed E-state index contributed by atoms with van der Waals surface area (Å²) in [5, 5.41) is 15.8. The van der Waals surface area contributed by atoms with Gasteiger partial charge in [-0.3, -0.25) is 0 Å². The fraction of sp³-hybridized carbons (Fsp3) is 0.286. The Bertz CT molecular complexity index is 1370. The van der Waals surface area contributed by atoms with Gasteiger partial charge in [0.2, 0.25) is 5.88 Å². The molecule has 35 heavy (non-hydrogen) atoms. The molecule has 4 aromatic rings. The number of allylic oxidation sites excluding steroid dienone is 2. The second-order valence-electron chi connectivity index (χ2n) is 8.64. The van der Waals surface area contributed by atoms with E-state index in [-0.39, 0.29) is 5.56 Å². The summed E-state index contributed by atoms with van der Waals surface area (Å²) in [6.45, 7) is 7.12. The minimum atomic E-state index is -3.01. The summed E-state index contributed by atoms with van der Waals surface area (Å²) < 4.78 is 39.2. The Labute approximate surface area is 203 Å². The Morgan fingerprint density at radius 3 is 2.43 bits per heavy atom. The van der Waals surface area contributed by atoms with E-state index in [0.29, 0.717) is 34.9 Å². The van der Waals surface area contributed by atoms with Crippen molar-refractivity contribution in [3.63, 3.8) is 0 Å². The Balaban J connectivity index is 1.73. The van der Waals surface area contributed by atoms with Crippen LogP contribution in [0, 0.1) is 20.8 Å². The Morgan fingerprint density at radius 1 is 1.11 bits per heavy atom. The Kier molecular flexibility index (Phi) is 6.72. The number of pyridine rings is 1. The first-order valence-corrected chi connectivity index (χ1v) is 11.3. The zero-order valence-corrected chi connectivity index (χ0v) is 20.4. The summed E-state index contributed by atoms with van der Waals surface area (Å²) in [4.78, 5) is 4.67. The van der Waals surface area contributed by atoms with Gasteiger partial charge in [0.1, 0.15) is 11.9 Å². The number of methoxy groups -OCH3 is 1. The van der Waals surface area contributed by atoms with Crippen LogP contribution in [0.4, 0.5) is 8.78 Å². The van der Waals surface area contributed by atoms with E-state index >= 15 is 0 Å². The van der Waals surface area contributed by atoms with Crippen LogP contribution in [0.5, 0.6) is 5.88 Å². The number of aliphatic hydroxyl groups is 1. The first kappa shape index (κ1) is 24.5. The van der Waals surface area contributed by atoms with Crippen molar-refractivity contribution in [3.8, 4) is 5.88 Å². The van der Waals surface area contributed by atoms with Gasteiger partial charge in [0.25, 0.3) is 5.92 Å². The van der Waals surface area contributed by atoms with E-state index in [1.165, 1.54) is 18.2 Å². The summed E-state index contributed by atoms with van der Waals surface area (Å²) >= 11 is 0. The molecule has 1 atom stereocenters. The molecule has 2 heterocycles. The maximum Gasteiger partial charge on any atom is 0.291 e. The van der Waals surface area contributed by atoms with Crippen molar-refractivity contribution in [2.24, 2.45) is 0 Å². The molecule has 0 fully saturated rings. The lowest BCUT2D eigenvalue weighted by Gasteiger charge is -2.17. The molecule has 0 bridgehead atoms. The number of hydrogen-bond donors (Lipinski definition) is 1. The van der Waals surface area contributed by atoms with Crippen molar-refractivity contribution in [3.05, 3.63) is 99.5 Å². The van der Waals surface area contributed by atoms with Crippen LogP contribution in [0.3, 0.4) is 0 Å². The van der Waals surface area contributed by atoms with E-state index in [1.54, 1.807) is 40.0 Å². The molecule has 7 heteroatoms. The molecule has 1 unspecified atom stereocenters. The predicted molar refractivity (Wildman–Crippen MR) is 131 cm³/mol. The Morgan fingerprint density at radius 2 is 1.83 bits per heavy atom. The van der Waals surface area contributed by atoms with Crippen LogP contribution in [0.2, 0.25) is 0 Å². The van der Waals surface area contributed by atoms with Crippen LogP contribution in [0.25, 0.3) is 10.9 Å². The molecule has 1 N–H and O–H groups in total. The molecular formula is C28H28F2N2O3. The van der Waals surface area contributed by atoms with E-state index in [4.69, 9.17) is 9.26 Å². The minimum Gasteiger partial charge on any atom is -0.481 e. The Hall–Kier alpha value is -3.58. The zero-order chi connectivity index (χ0) is 25.3. The lowest BCUT2D eigenvalue weighted by Crippen LogP contribution is -2.09. The number of halogens is 2. The topological polar surface area (TPSA) is 68.4 Å². The summed E-state index contributed by atoms with van der Waals surface area (Å²) in [6.07, 6.45) is 1.81. The number of hydrogen-bond acceptors (Lipinski definition) is 5. The largest absolute Gasteiger partial charge is 0.481 e. The maximum atomic E-state index is 14.2. The average molecular weight is 479 g/mol. The molecule has 0 spiro atoms. The van der Waals surface area contributed by atoms with Crippen LogP contribution in [-0.4, -0.2) is 22.4 Å². The second-order valence-corrected chi connectivity index (χ2v) is 8.64. The zero-order valence-electron chi connectivity index (χ0n) is 20.4. The molecule has 2 aromatic heterocycles. The lowest BCUT2D eigenvalue weighted by atomic mass is 9.94. The van der Waals surface area contributed by atoms with Crippen LogP contribution in [0.1, 0.15) is 57.9 Å². The van der Waals surface area contributed by atoms with Gasteiger partial charge >= 0.3 is 0 Å². The van der Waals surface area contributed by atoms with Crippen molar-refractivity contribution < 1.29 is 23.1 Å². The van der Waals surface area contributed by atoms with Crippen LogP contribution < -0.4 is 4.74 Å². The quantitative estimate of drug-likeness (QED) is 0.307. The van der Waals surface area contributed by atoms with Crippen molar-refractivity contribution in [2.45, 2.75) is 46.1 Å². The highest BCUT2D eigenvalue weighted by molar-refractivity contribution is 5.85. The van der Waals surface area contributed by atoms with Gasteiger partial charge in [0.15, 0.2) is 0 Å². The van der Waals surface area contributed by atoms with Gasteiger partial charge < -0.3 is 14.4 Å². The van der Waals surface area contributed by atoms with Gasteiger partial charge in [-0.25, -0.2) is 4.98 Å². The molecule has 4 rings (SSSR count). The normalized spacial score (nSPS) is 13.0. The van der Waals surface area contributed by atoms with Crippen molar-refractivity contribution in [1.29, 1.82) is 0 Å².